The number of aryl methyl sites for hydroxylation is 1. The molecule has 0 aliphatic carbocycles. The van der Waals surface area contributed by atoms with E-state index in [0.29, 0.717) is 49.9 Å². The Hall–Kier alpha value is -6.28. The minimum Gasteiger partial charge on any atom is -0.508 e. The number of esters is 1. The van der Waals surface area contributed by atoms with Gasteiger partial charge in [0.1, 0.15) is 23.9 Å². The number of carbonyl (C=O) groups excluding carboxylic acids is 5. The van der Waals surface area contributed by atoms with Crippen molar-refractivity contribution in [2.45, 2.75) is 117 Å². The van der Waals surface area contributed by atoms with E-state index >= 15 is 0 Å². The number of rotatable bonds is 9. The molecule has 16 heteroatoms. The molecule has 4 amide bonds. The van der Waals surface area contributed by atoms with Crippen molar-refractivity contribution in [1.82, 2.24) is 40.0 Å². The number of hydrazine groups is 1. The fourth-order valence-corrected chi connectivity index (χ4v) is 10.7. The summed E-state index contributed by atoms with van der Waals surface area (Å²) < 4.78 is 14.2. The minimum atomic E-state index is -1.17. The van der Waals surface area contributed by atoms with Crippen LogP contribution in [0.1, 0.15) is 90.2 Å². The molecule has 6 bridgehead atoms. The first-order valence-electron chi connectivity index (χ1n) is 25.2. The maximum Gasteiger partial charge on any atom is 0.324 e. The number of pyridine rings is 1. The number of phenols is 1. The van der Waals surface area contributed by atoms with E-state index in [1.807, 2.05) is 46.0 Å². The van der Waals surface area contributed by atoms with Crippen LogP contribution in [0, 0.1) is 29.1 Å². The van der Waals surface area contributed by atoms with Crippen LogP contribution in [0.2, 0.25) is 0 Å². The number of phenolic OH excluding ortho intramolecular Hbond substituents is 1. The molecule has 0 unspecified atom stereocenters. The Morgan fingerprint density at radius 1 is 1.04 bits per heavy atom. The van der Waals surface area contributed by atoms with Crippen molar-refractivity contribution < 1.29 is 38.6 Å². The molecule has 3 saturated heterocycles. The lowest BCUT2D eigenvalue weighted by Crippen LogP contribution is -2.62. The zero-order chi connectivity index (χ0) is 50.9. The molecule has 6 atom stereocenters. The Bertz CT molecular complexity index is 2760. The molecule has 2 aromatic carbocycles. The highest BCUT2D eigenvalue weighted by molar-refractivity contribution is 5.97. The molecule has 6 heterocycles. The number of likely N-dealkylation sites (N-methyl/N-ethyl adjacent to an activating group) is 1. The summed E-state index contributed by atoms with van der Waals surface area (Å²) in [6.07, 6.45) is 4.31. The van der Waals surface area contributed by atoms with Crippen LogP contribution in [0.5, 0.6) is 5.75 Å². The summed E-state index contributed by atoms with van der Waals surface area (Å²) >= 11 is 0. The molecule has 71 heavy (non-hydrogen) atoms. The Morgan fingerprint density at radius 3 is 2.54 bits per heavy atom. The van der Waals surface area contributed by atoms with Crippen molar-refractivity contribution in [2.24, 2.45) is 17.3 Å². The summed E-state index contributed by atoms with van der Waals surface area (Å²) in [5, 5.41) is 16.8. The third-order valence-electron chi connectivity index (χ3n) is 14.8. The van der Waals surface area contributed by atoms with Crippen molar-refractivity contribution in [3.05, 3.63) is 71.5 Å². The number of ether oxygens (including phenoxy) is 2. The number of fused-ring (bicyclic) bond motifs is 6. The van der Waals surface area contributed by atoms with Gasteiger partial charge in [-0.05, 0) is 123 Å². The summed E-state index contributed by atoms with van der Waals surface area (Å²) in [7, 11) is 5.24. The highest BCUT2D eigenvalue weighted by Gasteiger charge is 2.40. The number of hydrogen-bond donors (Lipinski definition) is 3. The molecule has 0 saturated carbocycles. The van der Waals surface area contributed by atoms with Crippen molar-refractivity contribution in [2.75, 3.05) is 54.0 Å². The standard InChI is InChI=1S/C55H70N8O8/c1-10-62-46-17-15-36-29-42(46)43(50(62)41-13-11-21-56-48(41)34(4)70-9)30-55(5,6)32-71-54(69)44-14-12-22-63(58-44)53(68)45(27-35-25-38(36)28-40(64)26-35)57-51(66)49(33(2)3)60(8)52(67)37-19-24-61(31-37)47(65)18-16-39-20-23-59(39)7/h11,13,15,17,21,25-26,28-29,33-34,37,39,44-45,49,58,64H,10,12,14,19-20,22-24,27,30-32H2,1-9H3,(H,57,66)/t34-,37-,39+,44-,45-,49-/m0/s1. The highest BCUT2D eigenvalue weighted by Crippen LogP contribution is 2.42. The summed E-state index contributed by atoms with van der Waals surface area (Å²) in [6.45, 7) is 14.5. The van der Waals surface area contributed by atoms with Gasteiger partial charge < -0.3 is 34.3 Å². The smallest absolute Gasteiger partial charge is 0.324 e. The number of amides is 4. The van der Waals surface area contributed by atoms with Gasteiger partial charge in [0.05, 0.1) is 36.1 Å². The molecule has 8 rings (SSSR count). The van der Waals surface area contributed by atoms with Crippen LogP contribution < -0.4 is 10.7 Å². The van der Waals surface area contributed by atoms with E-state index in [-0.39, 0.29) is 61.7 Å². The summed E-state index contributed by atoms with van der Waals surface area (Å²) in [6, 6.07) is 12.6. The summed E-state index contributed by atoms with van der Waals surface area (Å²) in [4.78, 5) is 80.6. The predicted octanol–water partition coefficient (Wildman–Crippen LogP) is 5.49. The van der Waals surface area contributed by atoms with Gasteiger partial charge in [0.2, 0.25) is 11.8 Å². The maximum atomic E-state index is 14.8. The second-order valence-electron chi connectivity index (χ2n) is 21.0. The normalized spacial score (nSPS) is 22.5. The van der Waals surface area contributed by atoms with Crippen LogP contribution in [0.3, 0.4) is 0 Å². The first kappa shape index (κ1) is 51.1. The van der Waals surface area contributed by atoms with Crippen molar-refractivity contribution in [1.29, 1.82) is 0 Å². The molecule has 378 valence electrons. The number of carbonyl (C=O) groups is 5. The SMILES string of the molecule is CCn1c(-c2cccnc2[C@H](C)OC)c2c3cc(ccc31)-c1cc(O)cc(c1)C[C@H](NC(=O)[C@H](C(C)C)N(C)C(=O)[C@H]1CCN(C(=O)C#C[C@@H]3CCN3C)C1)C(=O)N1CCC[C@H](N1)C(=O)OCC(C)(C)C2. The van der Waals surface area contributed by atoms with Crippen LogP contribution in [0.25, 0.3) is 33.3 Å². The zero-order valence-corrected chi connectivity index (χ0v) is 42.7. The Balaban J connectivity index is 1.14. The van der Waals surface area contributed by atoms with Gasteiger partial charge in [0, 0.05) is 81.4 Å². The molecular weight excluding hydrogens is 901 g/mol. The van der Waals surface area contributed by atoms with Crippen molar-refractivity contribution in [3.63, 3.8) is 0 Å². The quantitative estimate of drug-likeness (QED) is 0.143. The Kier molecular flexibility index (Phi) is 15.3. The van der Waals surface area contributed by atoms with Gasteiger partial charge in [-0.25, -0.2) is 5.43 Å². The highest BCUT2D eigenvalue weighted by atomic mass is 16.5. The van der Waals surface area contributed by atoms with E-state index in [1.54, 1.807) is 37.4 Å². The van der Waals surface area contributed by atoms with E-state index in [0.717, 1.165) is 51.9 Å². The number of nitrogens with one attached hydrogen (secondary N) is 2. The number of hydrogen-bond acceptors (Lipinski definition) is 11. The molecule has 4 aliphatic heterocycles. The number of aromatic hydroxyl groups is 1. The lowest BCUT2D eigenvalue weighted by molar-refractivity contribution is -0.155. The van der Waals surface area contributed by atoms with Gasteiger partial charge in [-0.1, -0.05) is 45.7 Å². The summed E-state index contributed by atoms with van der Waals surface area (Å²) in [5.41, 5.74) is 9.53. The molecule has 16 nitrogen and oxygen atoms in total. The first-order chi connectivity index (χ1) is 33.9. The van der Waals surface area contributed by atoms with E-state index in [4.69, 9.17) is 14.5 Å². The number of benzene rings is 2. The van der Waals surface area contributed by atoms with Crippen molar-refractivity contribution in [3.8, 4) is 40.0 Å². The topological polar surface area (TPSA) is 179 Å². The molecule has 0 spiro atoms. The molecular formula is C55H70N8O8. The molecule has 3 fully saturated rings. The predicted molar refractivity (Wildman–Crippen MR) is 270 cm³/mol. The van der Waals surface area contributed by atoms with Gasteiger partial charge in [-0.2, -0.15) is 0 Å². The van der Waals surface area contributed by atoms with Gasteiger partial charge in [0.15, 0.2) is 0 Å². The molecule has 0 radical (unpaired) electrons. The number of likely N-dealkylation sites (tertiary alicyclic amines) is 2. The molecule has 2 aromatic heterocycles. The van der Waals surface area contributed by atoms with E-state index in [1.165, 1.54) is 9.91 Å². The van der Waals surface area contributed by atoms with Crippen LogP contribution in [0.15, 0.2) is 54.7 Å². The van der Waals surface area contributed by atoms with Crippen LogP contribution >= 0.6 is 0 Å². The number of nitrogens with zero attached hydrogens (tertiary/aromatic N) is 6. The molecule has 4 aliphatic rings. The fraction of sp³-hybridized carbons (Fsp3) is 0.527. The Labute approximate surface area is 417 Å². The molecule has 3 N–H and O–H groups in total. The van der Waals surface area contributed by atoms with Crippen LogP contribution in [0.4, 0.5) is 0 Å². The fourth-order valence-electron chi connectivity index (χ4n) is 10.7. The number of aromatic nitrogens is 2. The third-order valence-corrected chi connectivity index (χ3v) is 14.8. The second-order valence-corrected chi connectivity index (χ2v) is 21.0. The Morgan fingerprint density at radius 2 is 1.83 bits per heavy atom. The van der Waals surface area contributed by atoms with Crippen LogP contribution in [-0.4, -0.2) is 142 Å². The molecule has 4 aromatic rings. The monoisotopic (exact) mass is 971 g/mol. The number of methoxy groups -OCH3 is 1. The van der Waals surface area contributed by atoms with E-state index in [2.05, 4.69) is 71.0 Å². The number of cyclic esters (lactones) is 1. The first-order valence-corrected chi connectivity index (χ1v) is 25.2. The van der Waals surface area contributed by atoms with Gasteiger partial charge in [0.25, 0.3) is 11.8 Å². The minimum absolute atomic E-state index is 0.0130. The average molecular weight is 971 g/mol. The van der Waals surface area contributed by atoms with Gasteiger partial charge in [-0.3, -0.25) is 38.9 Å². The second kappa shape index (κ2) is 21.2. The van der Waals surface area contributed by atoms with Gasteiger partial charge in [-0.15, -0.1) is 0 Å². The van der Waals surface area contributed by atoms with E-state index < -0.39 is 47.2 Å². The maximum absolute atomic E-state index is 14.8. The van der Waals surface area contributed by atoms with Crippen molar-refractivity contribution >= 4 is 40.5 Å². The lowest BCUT2D eigenvalue weighted by Gasteiger charge is -2.37. The third kappa shape index (κ3) is 10.8. The van der Waals surface area contributed by atoms with Gasteiger partial charge >= 0.3 is 5.97 Å². The van der Waals surface area contributed by atoms with Crippen LogP contribution in [-0.2, 0) is 52.8 Å². The largest absolute Gasteiger partial charge is 0.508 e. The average Bonchev–Trinajstić information content (AvgIpc) is 3.96. The van der Waals surface area contributed by atoms with E-state index in [9.17, 15) is 29.1 Å². The zero-order valence-electron chi connectivity index (χ0n) is 42.7. The summed E-state index contributed by atoms with van der Waals surface area (Å²) in [5.74, 6) is 2.84. The lowest BCUT2D eigenvalue weighted by atomic mass is 9.84.